The van der Waals surface area contributed by atoms with Gasteiger partial charge in [0, 0.05) is 18.5 Å². The SMILES string of the molecule is C[C@@H](OC[C@H](O)CNC(C)(C)CC1Cc2ccccc2C1)c1ccccc1CCc1nn[nH]n1.O=CO. The van der Waals surface area contributed by atoms with E-state index in [9.17, 15) is 5.11 Å². The van der Waals surface area contributed by atoms with Gasteiger partial charge in [-0.15, -0.1) is 10.2 Å². The van der Waals surface area contributed by atoms with Crippen LogP contribution in [0.1, 0.15) is 61.4 Å². The normalized spacial score (nSPS) is 14.9. The fourth-order valence-corrected chi connectivity index (χ4v) is 5.08. The van der Waals surface area contributed by atoms with Crippen LogP contribution in [0.4, 0.5) is 0 Å². The molecule has 4 N–H and O–H groups in total. The summed E-state index contributed by atoms with van der Waals surface area (Å²) >= 11 is 0. The molecule has 0 saturated carbocycles. The first-order valence-corrected chi connectivity index (χ1v) is 12.8. The molecule has 0 fully saturated rings. The number of tetrazole rings is 1. The molecule has 9 heteroatoms. The number of H-pyrrole nitrogens is 1. The lowest BCUT2D eigenvalue weighted by atomic mass is 9.88. The van der Waals surface area contributed by atoms with Crippen LogP contribution in [0.5, 0.6) is 0 Å². The lowest BCUT2D eigenvalue weighted by Gasteiger charge is -2.31. The molecule has 0 saturated heterocycles. The number of aryl methyl sites for hydroxylation is 2. The van der Waals surface area contributed by atoms with Gasteiger partial charge in [-0.25, -0.2) is 0 Å². The van der Waals surface area contributed by atoms with E-state index in [2.05, 4.69) is 76.2 Å². The number of aromatic amines is 1. The zero-order valence-corrected chi connectivity index (χ0v) is 21.9. The zero-order valence-electron chi connectivity index (χ0n) is 21.9. The molecular weight excluding hydrogens is 470 g/mol. The zero-order chi connectivity index (χ0) is 26.7. The van der Waals surface area contributed by atoms with Crippen LogP contribution in [0.15, 0.2) is 48.5 Å². The van der Waals surface area contributed by atoms with Crippen LogP contribution < -0.4 is 5.32 Å². The second kappa shape index (κ2) is 14.0. The highest BCUT2D eigenvalue weighted by Crippen LogP contribution is 2.32. The molecule has 2 aromatic carbocycles. The van der Waals surface area contributed by atoms with Crippen molar-refractivity contribution >= 4 is 6.47 Å². The highest BCUT2D eigenvalue weighted by Gasteiger charge is 2.28. The van der Waals surface area contributed by atoms with Crippen molar-refractivity contribution in [3.63, 3.8) is 0 Å². The van der Waals surface area contributed by atoms with E-state index in [4.69, 9.17) is 14.6 Å². The minimum Gasteiger partial charge on any atom is -0.483 e. The highest BCUT2D eigenvalue weighted by atomic mass is 16.5. The topological polar surface area (TPSA) is 133 Å². The van der Waals surface area contributed by atoms with Gasteiger partial charge in [-0.05, 0) is 74.6 Å². The van der Waals surface area contributed by atoms with Crippen LogP contribution >= 0.6 is 0 Å². The number of rotatable bonds is 12. The molecule has 0 spiro atoms. The third-order valence-corrected chi connectivity index (χ3v) is 6.79. The van der Waals surface area contributed by atoms with E-state index >= 15 is 0 Å². The molecule has 4 rings (SSSR count). The first-order chi connectivity index (χ1) is 17.8. The van der Waals surface area contributed by atoms with Gasteiger partial charge in [0.2, 0.25) is 0 Å². The summed E-state index contributed by atoms with van der Waals surface area (Å²) in [5.74, 6) is 1.35. The van der Waals surface area contributed by atoms with Crippen LogP contribution in [0, 0.1) is 5.92 Å². The standard InChI is InChI=1S/C27H37N5O2.CH2O2/c1-19(25-11-7-6-8-21(25)12-13-26-29-31-32-30-26)34-18-24(33)17-28-27(2,3)16-20-14-22-9-4-5-10-23(22)15-20;2-1-3/h4-11,19-20,24,28,33H,12-18H2,1-3H3,(H,29,30,31,32);1H,(H,2,3)/t19-,24-;/m1./s1. The van der Waals surface area contributed by atoms with E-state index in [1.54, 1.807) is 0 Å². The van der Waals surface area contributed by atoms with Crippen molar-refractivity contribution in [3.8, 4) is 0 Å². The highest BCUT2D eigenvalue weighted by molar-refractivity contribution is 5.33. The number of carboxylic acid groups (broad SMARTS) is 1. The number of carbonyl (C=O) groups is 1. The van der Waals surface area contributed by atoms with Crippen molar-refractivity contribution in [1.82, 2.24) is 25.9 Å². The van der Waals surface area contributed by atoms with E-state index in [-0.39, 0.29) is 24.7 Å². The Bertz CT molecular complexity index is 1060. The smallest absolute Gasteiger partial charge is 0.290 e. The maximum Gasteiger partial charge on any atom is 0.290 e. The number of nitrogens with one attached hydrogen (secondary N) is 2. The number of aliphatic hydroxyl groups is 1. The van der Waals surface area contributed by atoms with Gasteiger partial charge in [0.15, 0.2) is 5.82 Å². The maximum atomic E-state index is 10.6. The molecule has 0 aliphatic heterocycles. The van der Waals surface area contributed by atoms with Crippen molar-refractivity contribution in [2.45, 2.75) is 70.6 Å². The summed E-state index contributed by atoms with van der Waals surface area (Å²) in [4.78, 5) is 8.36. The van der Waals surface area contributed by atoms with E-state index in [1.807, 2.05) is 19.1 Å². The lowest BCUT2D eigenvalue weighted by molar-refractivity contribution is -0.122. The van der Waals surface area contributed by atoms with Gasteiger partial charge >= 0.3 is 0 Å². The van der Waals surface area contributed by atoms with Crippen molar-refractivity contribution in [2.24, 2.45) is 5.92 Å². The average Bonchev–Trinajstić information content (AvgIpc) is 3.54. The number of nitrogens with zero attached hydrogens (tertiary/aromatic N) is 3. The molecule has 0 unspecified atom stereocenters. The summed E-state index contributed by atoms with van der Waals surface area (Å²) < 4.78 is 6.07. The van der Waals surface area contributed by atoms with Gasteiger partial charge < -0.3 is 20.3 Å². The molecule has 9 nitrogen and oxygen atoms in total. The van der Waals surface area contributed by atoms with Crippen molar-refractivity contribution in [3.05, 3.63) is 76.6 Å². The first-order valence-electron chi connectivity index (χ1n) is 12.8. The number of hydrogen-bond donors (Lipinski definition) is 4. The van der Waals surface area contributed by atoms with Crippen molar-refractivity contribution < 1.29 is 19.7 Å². The molecule has 1 aromatic heterocycles. The minimum atomic E-state index is -0.561. The molecule has 0 bridgehead atoms. The first kappa shape index (κ1) is 28.4. The van der Waals surface area contributed by atoms with E-state index in [0.717, 1.165) is 31.2 Å². The number of hydrogen-bond acceptors (Lipinski definition) is 7. The lowest BCUT2D eigenvalue weighted by Crippen LogP contribution is -2.45. The monoisotopic (exact) mass is 509 g/mol. The summed E-state index contributed by atoms with van der Waals surface area (Å²) in [6, 6.07) is 17.0. The third kappa shape index (κ3) is 9.03. The minimum absolute atomic E-state index is 0.0406. The molecular formula is C28H39N5O4. The number of aliphatic hydroxyl groups excluding tert-OH is 1. The number of β-amino-alcohol motifs (C(OH)–C–C–N with tert-alkyl or cyclic N) is 1. The predicted molar refractivity (Wildman–Crippen MR) is 141 cm³/mol. The number of ether oxygens (including phenoxy) is 1. The van der Waals surface area contributed by atoms with E-state index in [1.165, 1.54) is 16.7 Å². The maximum absolute atomic E-state index is 10.6. The third-order valence-electron chi connectivity index (χ3n) is 6.79. The quantitative estimate of drug-likeness (QED) is 0.273. The van der Waals surface area contributed by atoms with Crippen LogP contribution in [0.3, 0.4) is 0 Å². The molecule has 1 heterocycles. The van der Waals surface area contributed by atoms with Crippen LogP contribution in [0.25, 0.3) is 0 Å². The fourth-order valence-electron chi connectivity index (χ4n) is 5.08. The molecule has 200 valence electrons. The second-order valence-corrected chi connectivity index (χ2v) is 10.3. The van der Waals surface area contributed by atoms with E-state index in [0.29, 0.717) is 24.7 Å². The molecule has 37 heavy (non-hydrogen) atoms. The van der Waals surface area contributed by atoms with E-state index < -0.39 is 6.10 Å². The number of aromatic nitrogens is 4. The fraction of sp³-hybridized carbons (Fsp3) is 0.500. The summed E-state index contributed by atoms with van der Waals surface area (Å²) in [6.07, 6.45) is 4.24. The molecule has 0 radical (unpaired) electrons. The molecule has 1 aliphatic carbocycles. The summed E-state index contributed by atoms with van der Waals surface area (Å²) in [7, 11) is 0. The Hall–Kier alpha value is -3.14. The van der Waals surface area contributed by atoms with Crippen LogP contribution in [0.2, 0.25) is 0 Å². The largest absolute Gasteiger partial charge is 0.483 e. The van der Waals surface area contributed by atoms with Crippen LogP contribution in [-0.4, -0.2) is 62.1 Å². The molecule has 0 amide bonds. The molecule has 3 aromatic rings. The molecule has 1 aliphatic rings. The van der Waals surface area contributed by atoms with Gasteiger partial charge in [0.25, 0.3) is 6.47 Å². The van der Waals surface area contributed by atoms with Gasteiger partial charge in [0.05, 0.1) is 18.8 Å². The number of benzene rings is 2. The summed E-state index contributed by atoms with van der Waals surface area (Å²) in [6.45, 7) is 7.05. The summed E-state index contributed by atoms with van der Waals surface area (Å²) in [5, 5.41) is 35.2. The second-order valence-electron chi connectivity index (χ2n) is 10.3. The van der Waals surface area contributed by atoms with Gasteiger partial charge in [-0.2, -0.15) is 5.21 Å². The Kier molecular flexibility index (Phi) is 10.7. The predicted octanol–water partition coefficient (Wildman–Crippen LogP) is 3.30. The Morgan fingerprint density at radius 1 is 1.14 bits per heavy atom. The average molecular weight is 510 g/mol. The van der Waals surface area contributed by atoms with Gasteiger partial charge in [-0.3, -0.25) is 4.79 Å². The number of fused-ring (bicyclic) bond motifs is 1. The Morgan fingerprint density at radius 2 is 1.78 bits per heavy atom. The van der Waals surface area contributed by atoms with Crippen molar-refractivity contribution in [2.75, 3.05) is 13.2 Å². The molecule has 2 atom stereocenters. The van der Waals surface area contributed by atoms with Gasteiger partial charge in [-0.1, -0.05) is 53.7 Å². The van der Waals surface area contributed by atoms with Gasteiger partial charge in [0.1, 0.15) is 0 Å². The Balaban J connectivity index is 0.00000121. The Labute approximate surface area is 218 Å². The summed E-state index contributed by atoms with van der Waals surface area (Å²) in [5.41, 5.74) is 5.27. The van der Waals surface area contributed by atoms with Crippen molar-refractivity contribution in [1.29, 1.82) is 0 Å². The Morgan fingerprint density at radius 3 is 2.43 bits per heavy atom. The van der Waals surface area contributed by atoms with Crippen LogP contribution in [-0.2, 0) is 35.2 Å².